The molecule has 1 aliphatic rings. The summed E-state index contributed by atoms with van der Waals surface area (Å²) in [6.45, 7) is 1.75. The molecule has 30 heavy (non-hydrogen) atoms. The molecule has 9 heteroatoms. The van der Waals surface area contributed by atoms with E-state index in [4.69, 9.17) is 11.6 Å². The van der Waals surface area contributed by atoms with Crippen molar-refractivity contribution in [2.45, 2.75) is 18.9 Å². The molecule has 0 bridgehead atoms. The lowest BCUT2D eigenvalue weighted by molar-refractivity contribution is -0.118. The van der Waals surface area contributed by atoms with Crippen molar-refractivity contribution in [2.24, 2.45) is 7.05 Å². The first-order valence-corrected chi connectivity index (χ1v) is 9.50. The molecular weight excluding hydrogens is 414 g/mol. The summed E-state index contributed by atoms with van der Waals surface area (Å²) in [6.07, 6.45) is 0. The van der Waals surface area contributed by atoms with Crippen molar-refractivity contribution >= 4 is 29.2 Å². The van der Waals surface area contributed by atoms with Gasteiger partial charge in [0.1, 0.15) is 11.9 Å². The van der Waals surface area contributed by atoms with Gasteiger partial charge in [-0.3, -0.25) is 14.3 Å². The molecule has 2 amide bonds. The van der Waals surface area contributed by atoms with Crippen molar-refractivity contribution in [3.63, 3.8) is 0 Å². The van der Waals surface area contributed by atoms with E-state index < -0.39 is 35.4 Å². The number of carbonyl (C=O) groups is 2. The number of halogens is 3. The maximum atomic E-state index is 14.0. The number of hydrogen-bond acceptors (Lipinski definition) is 3. The van der Waals surface area contributed by atoms with Crippen LogP contribution >= 0.6 is 11.6 Å². The molecule has 0 saturated heterocycles. The average Bonchev–Trinajstić information content (AvgIpc) is 2.98. The fourth-order valence-electron chi connectivity index (χ4n) is 3.75. The maximum Gasteiger partial charge on any atom is 0.251 e. The first-order valence-electron chi connectivity index (χ1n) is 9.12. The molecule has 0 radical (unpaired) electrons. The summed E-state index contributed by atoms with van der Waals surface area (Å²) >= 11 is 5.87. The number of aryl methyl sites for hydroxylation is 2. The van der Waals surface area contributed by atoms with E-state index in [1.165, 1.54) is 22.9 Å². The maximum absolute atomic E-state index is 14.0. The third kappa shape index (κ3) is 3.43. The summed E-state index contributed by atoms with van der Waals surface area (Å²) < 4.78 is 29.0. The third-order valence-corrected chi connectivity index (χ3v) is 5.38. The Balaban J connectivity index is 1.79. The molecule has 6 nitrogen and oxygen atoms in total. The zero-order valence-corrected chi connectivity index (χ0v) is 16.8. The topological polar surface area (TPSA) is 76.0 Å². The molecule has 2 atom stereocenters. The number of amides is 2. The molecule has 4 rings (SSSR count). The second-order valence-corrected chi connectivity index (χ2v) is 7.51. The van der Waals surface area contributed by atoms with Gasteiger partial charge >= 0.3 is 0 Å². The highest BCUT2D eigenvalue weighted by molar-refractivity contribution is 6.30. The van der Waals surface area contributed by atoms with Gasteiger partial charge in [-0.2, -0.15) is 5.10 Å². The van der Waals surface area contributed by atoms with Crippen LogP contribution in [0.4, 0.5) is 14.6 Å². The van der Waals surface area contributed by atoms with Gasteiger partial charge in [-0.25, -0.2) is 8.78 Å². The number of fused-ring (bicyclic) bond motifs is 1. The molecule has 0 saturated carbocycles. The van der Waals surface area contributed by atoms with Gasteiger partial charge in [-0.05, 0) is 48.9 Å². The van der Waals surface area contributed by atoms with Gasteiger partial charge in [0, 0.05) is 29.1 Å². The molecule has 1 aromatic heterocycles. The highest BCUT2D eigenvalue weighted by Gasteiger charge is 2.41. The third-order valence-electron chi connectivity index (χ3n) is 5.13. The molecule has 3 aromatic rings. The van der Waals surface area contributed by atoms with E-state index >= 15 is 0 Å². The number of benzene rings is 2. The van der Waals surface area contributed by atoms with E-state index in [9.17, 15) is 18.4 Å². The first-order chi connectivity index (χ1) is 14.3. The molecular formula is C21H17ClF2N4O2. The second-order valence-electron chi connectivity index (χ2n) is 7.07. The summed E-state index contributed by atoms with van der Waals surface area (Å²) in [5, 5.41) is 10.3. The van der Waals surface area contributed by atoms with Crippen molar-refractivity contribution in [1.82, 2.24) is 15.1 Å². The number of hydrogen-bond donors (Lipinski definition) is 2. The van der Waals surface area contributed by atoms with E-state index in [0.29, 0.717) is 33.2 Å². The molecule has 0 aliphatic carbocycles. The Labute approximate surface area is 175 Å². The number of anilines is 1. The second kappa shape index (κ2) is 7.53. The number of rotatable bonds is 3. The molecule has 0 unspecified atom stereocenters. The summed E-state index contributed by atoms with van der Waals surface area (Å²) in [4.78, 5) is 25.7. The minimum absolute atomic E-state index is 0.310. The van der Waals surface area contributed by atoms with Crippen LogP contribution in [0.3, 0.4) is 0 Å². The highest BCUT2D eigenvalue weighted by atomic mass is 35.5. The van der Waals surface area contributed by atoms with Crippen molar-refractivity contribution in [1.29, 1.82) is 0 Å². The SMILES string of the molecule is Cc1nn(C)c2c1[C@H](c1ccc(F)c(F)c1)[C@H](NC(=O)c1ccc(Cl)cc1)C(=O)N2. The van der Waals surface area contributed by atoms with Crippen LogP contribution in [0.2, 0.25) is 5.02 Å². The van der Waals surface area contributed by atoms with Crippen LogP contribution in [-0.4, -0.2) is 27.6 Å². The fraction of sp³-hybridized carbons (Fsp3) is 0.190. The van der Waals surface area contributed by atoms with Crippen LogP contribution in [-0.2, 0) is 11.8 Å². The van der Waals surface area contributed by atoms with Gasteiger partial charge in [-0.1, -0.05) is 17.7 Å². The minimum atomic E-state index is -1.06. The highest BCUT2D eigenvalue weighted by Crippen LogP contribution is 2.39. The van der Waals surface area contributed by atoms with Crippen LogP contribution in [0.1, 0.15) is 33.1 Å². The Morgan fingerprint density at radius 1 is 1.17 bits per heavy atom. The van der Waals surface area contributed by atoms with Crippen molar-refractivity contribution < 1.29 is 18.4 Å². The predicted octanol–water partition coefficient (Wildman–Crippen LogP) is 3.54. The Morgan fingerprint density at radius 2 is 1.87 bits per heavy atom. The lowest BCUT2D eigenvalue weighted by Gasteiger charge is -2.32. The van der Waals surface area contributed by atoms with Gasteiger partial charge in [0.25, 0.3) is 5.91 Å². The average molecular weight is 431 g/mol. The van der Waals surface area contributed by atoms with Gasteiger partial charge in [0.15, 0.2) is 11.6 Å². The zero-order valence-electron chi connectivity index (χ0n) is 16.0. The Hall–Kier alpha value is -3.26. The van der Waals surface area contributed by atoms with Crippen LogP contribution in [0, 0.1) is 18.6 Å². The van der Waals surface area contributed by atoms with Crippen molar-refractivity contribution in [3.8, 4) is 0 Å². The Kier molecular flexibility index (Phi) is 5.03. The largest absolute Gasteiger partial charge is 0.339 e. The lowest BCUT2D eigenvalue weighted by Crippen LogP contribution is -2.50. The lowest BCUT2D eigenvalue weighted by atomic mass is 9.81. The van der Waals surface area contributed by atoms with E-state index in [1.807, 2.05) is 0 Å². The van der Waals surface area contributed by atoms with E-state index in [0.717, 1.165) is 12.1 Å². The van der Waals surface area contributed by atoms with Crippen LogP contribution in [0.25, 0.3) is 0 Å². The number of nitrogens with one attached hydrogen (secondary N) is 2. The first kappa shape index (κ1) is 20.0. The Morgan fingerprint density at radius 3 is 2.53 bits per heavy atom. The van der Waals surface area contributed by atoms with Crippen molar-refractivity contribution in [3.05, 3.63) is 81.5 Å². The zero-order chi connectivity index (χ0) is 21.6. The monoisotopic (exact) mass is 430 g/mol. The van der Waals surface area contributed by atoms with Gasteiger partial charge in [-0.15, -0.1) is 0 Å². The van der Waals surface area contributed by atoms with E-state index in [-0.39, 0.29) is 0 Å². The van der Waals surface area contributed by atoms with E-state index in [1.54, 1.807) is 26.1 Å². The molecule has 0 fully saturated rings. The fourth-order valence-corrected chi connectivity index (χ4v) is 3.87. The number of nitrogens with zero attached hydrogens (tertiary/aromatic N) is 2. The van der Waals surface area contributed by atoms with E-state index in [2.05, 4.69) is 15.7 Å². The summed E-state index contributed by atoms with van der Waals surface area (Å²) in [7, 11) is 1.67. The van der Waals surface area contributed by atoms with Gasteiger partial charge in [0.2, 0.25) is 5.91 Å². The molecule has 1 aliphatic heterocycles. The van der Waals surface area contributed by atoms with Crippen LogP contribution in [0.15, 0.2) is 42.5 Å². The quantitative estimate of drug-likeness (QED) is 0.667. The Bertz CT molecular complexity index is 1160. The molecule has 2 N–H and O–H groups in total. The molecule has 0 spiro atoms. The molecule has 2 aromatic carbocycles. The summed E-state index contributed by atoms with van der Waals surface area (Å²) in [5.74, 6) is -3.32. The van der Waals surface area contributed by atoms with Gasteiger partial charge < -0.3 is 10.6 Å². The smallest absolute Gasteiger partial charge is 0.251 e. The number of carbonyl (C=O) groups excluding carboxylic acids is 2. The molecule has 2 heterocycles. The van der Waals surface area contributed by atoms with Gasteiger partial charge in [0.05, 0.1) is 5.69 Å². The van der Waals surface area contributed by atoms with Crippen LogP contribution < -0.4 is 10.6 Å². The minimum Gasteiger partial charge on any atom is -0.339 e. The van der Waals surface area contributed by atoms with Crippen molar-refractivity contribution in [2.75, 3.05) is 5.32 Å². The summed E-state index contributed by atoms with van der Waals surface area (Å²) in [6, 6.07) is 8.57. The predicted molar refractivity (Wildman–Crippen MR) is 107 cm³/mol. The van der Waals surface area contributed by atoms with Crippen LogP contribution in [0.5, 0.6) is 0 Å². The summed E-state index contributed by atoms with van der Waals surface area (Å²) in [5.41, 5.74) is 1.89. The standard InChI is InChI=1S/C21H17ClF2N4O2/c1-10-16-17(12-5-8-14(23)15(24)9-12)18(21(30)26-19(16)28(2)27-10)25-20(29)11-3-6-13(22)7-4-11/h3-9,17-18H,1-2H3,(H,25,29)(H,26,30)/t17-,18-/m0/s1. The number of aromatic nitrogens is 2. The molecule has 154 valence electrons. The normalized spacial score (nSPS) is 18.0.